The number of imide groups is 1. The number of hydrogen-bond donors (Lipinski definition) is 3. The van der Waals surface area contributed by atoms with Gasteiger partial charge in [-0.15, -0.1) is 0 Å². The summed E-state index contributed by atoms with van der Waals surface area (Å²) in [7, 11) is -1.31. The monoisotopic (exact) mass is 606 g/mol. The van der Waals surface area contributed by atoms with Crippen LogP contribution in [0.15, 0.2) is 83.0 Å². The van der Waals surface area contributed by atoms with Crippen molar-refractivity contribution in [2.45, 2.75) is 38.3 Å². The number of ether oxygens (including phenoxy) is 2. The molecule has 2 amide bonds. The van der Waals surface area contributed by atoms with Crippen molar-refractivity contribution in [2.75, 3.05) is 26.2 Å². The highest BCUT2D eigenvalue weighted by molar-refractivity contribution is 7.89. The number of phenolic OH excluding ortho intramolecular Hbond substituents is 1. The average Bonchev–Trinajstić information content (AvgIpc) is 3.51. The third-order valence-electron chi connectivity index (χ3n) is 7.25. The first kappa shape index (κ1) is 29.9. The number of fused-ring (bicyclic) bond motifs is 1. The van der Waals surface area contributed by atoms with Crippen LogP contribution in [0.3, 0.4) is 0 Å². The predicted octanol–water partition coefficient (Wildman–Crippen LogP) is 3.94. The van der Waals surface area contributed by atoms with Crippen molar-refractivity contribution in [2.24, 2.45) is 5.41 Å². The fourth-order valence-corrected chi connectivity index (χ4v) is 5.93. The minimum absolute atomic E-state index is 0.0140. The molecule has 0 bridgehead atoms. The number of nitrogens with zero attached hydrogens (tertiary/aromatic N) is 2. The van der Waals surface area contributed by atoms with Crippen LogP contribution in [0.25, 0.3) is 0 Å². The highest BCUT2D eigenvalue weighted by Gasteiger charge is 2.42. The number of carbonyl (C=O) groups excluding carboxylic acids is 2. The minimum Gasteiger partial charge on any atom is -0.504 e. The Labute approximate surface area is 250 Å². The quantitative estimate of drug-likeness (QED) is 0.244. The van der Waals surface area contributed by atoms with Crippen molar-refractivity contribution >= 4 is 27.5 Å². The van der Waals surface area contributed by atoms with Crippen molar-refractivity contribution in [1.82, 2.24) is 14.5 Å². The number of benzene rings is 3. The first-order valence-electron chi connectivity index (χ1n) is 13.6. The van der Waals surface area contributed by atoms with Crippen LogP contribution in [0.4, 0.5) is 5.69 Å². The first-order chi connectivity index (χ1) is 20.3. The second-order valence-electron chi connectivity index (χ2n) is 11.6. The molecule has 2 aliphatic heterocycles. The van der Waals surface area contributed by atoms with Gasteiger partial charge in [0.1, 0.15) is 16.3 Å². The molecule has 3 aromatic carbocycles. The third kappa shape index (κ3) is 5.75. The first-order valence-corrected chi connectivity index (χ1v) is 15.0. The summed E-state index contributed by atoms with van der Waals surface area (Å²) < 4.78 is 37.7. The van der Waals surface area contributed by atoms with Crippen LogP contribution in [-0.2, 0) is 26.2 Å². The van der Waals surface area contributed by atoms with Gasteiger partial charge >= 0.3 is 0 Å². The van der Waals surface area contributed by atoms with Crippen LogP contribution in [0.2, 0.25) is 0 Å². The highest BCUT2D eigenvalue weighted by atomic mass is 32.2. The van der Waals surface area contributed by atoms with Crippen LogP contribution >= 0.6 is 0 Å². The lowest BCUT2D eigenvalue weighted by atomic mass is 9.82. The molecule has 0 aromatic heterocycles. The molecule has 43 heavy (non-hydrogen) atoms. The van der Waals surface area contributed by atoms with Gasteiger partial charge < -0.3 is 25.2 Å². The molecular formula is C31H34N4O7S. The molecule has 0 aliphatic carbocycles. The molecule has 2 aliphatic rings. The Hall–Kier alpha value is -4.55. The maximum Gasteiger partial charge on any atom is 0.279 e. The molecule has 3 N–H and O–H groups in total. The fourth-order valence-electron chi connectivity index (χ4n) is 4.94. The largest absolute Gasteiger partial charge is 0.504 e. The summed E-state index contributed by atoms with van der Waals surface area (Å²) >= 11 is 0. The Balaban J connectivity index is 1.59. The number of rotatable bonds is 9. The van der Waals surface area contributed by atoms with E-state index in [2.05, 4.69) is 10.6 Å². The molecule has 0 radical (unpaired) electrons. The van der Waals surface area contributed by atoms with Crippen LogP contribution in [0.1, 0.15) is 37.9 Å². The third-order valence-corrected chi connectivity index (χ3v) is 9.10. The van der Waals surface area contributed by atoms with E-state index in [9.17, 15) is 23.1 Å². The molecule has 5 rings (SSSR count). The summed E-state index contributed by atoms with van der Waals surface area (Å²) in [4.78, 5) is 28.6. The number of carbonyl (C=O) groups is 2. The molecule has 11 nitrogen and oxygen atoms in total. The van der Waals surface area contributed by atoms with E-state index in [-0.39, 0.29) is 35.3 Å². The summed E-state index contributed by atoms with van der Waals surface area (Å²) in [5, 5.41) is 17.2. The van der Waals surface area contributed by atoms with Gasteiger partial charge in [-0.25, -0.2) is 12.7 Å². The zero-order valence-electron chi connectivity index (χ0n) is 24.5. The van der Waals surface area contributed by atoms with E-state index < -0.39 is 39.0 Å². The van der Waals surface area contributed by atoms with Gasteiger partial charge in [-0.3, -0.25) is 14.5 Å². The molecule has 0 saturated carbocycles. The topological polar surface area (TPSA) is 138 Å². The zero-order valence-corrected chi connectivity index (χ0v) is 25.4. The predicted molar refractivity (Wildman–Crippen MR) is 160 cm³/mol. The second kappa shape index (κ2) is 11.3. The number of hydrogen-bond acceptors (Lipinski definition) is 9. The standard InChI is InChI=1S/C31H34N4O7S/c1-31(2,3)28(20-14-15-22-23(16-20)42-18-41-22)33-26-25(29(37)35(30(26)38)17-19-10-7-6-8-11-19)32-21-12-9-13-24(27(21)36)43(39,40)34(4)5/h6-16,28,32-33,36H,17-18H2,1-5H3/t28-/m0/s1. The van der Waals surface area contributed by atoms with Crippen molar-refractivity contribution in [3.8, 4) is 17.2 Å². The van der Waals surface area contributed by atoms with Gasteiger partial charge in [0.2, 0.25) is 16.8 Å². The summed E-state index contributed by atoms with van der Waals surface area (Å²) in [6, 6.07) is 18.3. The van der Waals surface area contributed by atoms with Crippen LogP contribution in [0.5, 0.6) is 17.2 Å². The van der Waals surface area contributed by atoms with Gasteiger partial charge in [-0.2, -0.15) is 0 Å². The lowest BCUT2D eigenvalue weighted by Gasteiger charge is -2.33. The van der Waals surface area contributed by atoms with E-state index >= 15 is 0 Å². The Morgan fingerprint density at radius 1 is 0.930 bits per heavy atom. The van der Waals surface area contributed by atoms with Crippen LogP contribution in [-0.4, -0.2) is 55.4 Å². The summed E-state index contributed by atoms with van der Waals surface area (Å²) in [6.45, 7) is 6.10. The van der Waals surface area contributed by atoms with Crippen molar-refractivity contribution < 1.29 is 32.6 Å². The number of anilines is 1. The number of para-hydroxylation sites is 1. The van der Waals surface area contributed by atoms with Gasteiger partial charge in [-0.1, -0.05) is 63.2 Å². The molecule has 3 aromatic rings. The van der Waals surface area contributed by atoms with Gasteiger partial charge in [-0.05, 0) is 40.8 Å². The van der Waals surface area contributed by atoms with Gasteiger partial charge in [0.25, 0.3) is 11.8 Å². The minimum atomic E-state index is -4.01. The van der Waals surface area contributed by atoms with E-state index in [1.807, 2.05) is 63.2 Å². The number of sulfonamides is 1. The van der Waals surface area contributed by atoms with E-state index in [1.165, 1.54) is 32.3 Å². The van der Waals surface area contributed by atoms with Crippen molar-refractivity contribution in [3.05, 3.63) is 89.3 Å². The molecule has 0 spiro atoms. The van der Waals surface area contributed by atoms with E-state index in [0.29, 0.717) is 11.5 Å². The Morgan fingerprint density at radius 3 is 2.28 bits per heavy atom. The average molecular weight is 607 g/mol. The maximum atomic E-state index is 13.9. The van der Waals surface area contributed by atoms with Crippen molar-refractivity contribution in [1.29, 1.82) is 0 Å². The summed E-state index contributed by atoms with van der Waals surface area (Å²) in [5.41, 5.74) is 0.908. The molecule has 2 heterocycles. The lowest BCUT2D eigenvalue weighted by molar-refractivity contribution is -0.138. The second-order valence-corrected chi connectivity index (χ2v) is 13.7. The number of aromatic hydroxyl groups is 1. The molecule has 0 unspecified atom stereocenters. The van der Waals surface area contributed by atoms with Crippen LogP contribution < -0.4 is 20.1 Å². The summed E-state index contributed by atoms with van der Waals surface area (Å²) in [5.74, 6) is -0.586. The van der Waals surface area contributed by atoms with Gasteiger partial charge in [0.05, 0.1) is 18.3 Å². The van der Waals surface area contributed by atoms with Crippen molar-refractivity contribution in [3.63, 3.8) is 0 Å². The Kier molecular flexibility index (Phi) is 7.84. The smallest absolute Gasteiger partial charge is 0.279 e. The number of nitrogens with one attached hydrogen (secondary N) is 2. The van der Waals surface area contributed by atoms with Gasteiger partial charge in [0, 0.05) is 14.1 Å². The molecular weight excluding hydrogens is 572 g/mol. The Morgan fingerprint density at radius 2 is 1.60 bits per heavy atom. The van der Waals surface area contributed by atoms with Crippen LogP contribution in [0, 0.1) is 5.41 Å². The number of phenols is 1. The molecule has 226 valence electrons. The molecule has 0 saturated heterocycles. The zero-order chi connectivity index (χ0) is 31.1. The van der Waals surface area contributed by atoms with E-state index in [0.717, 1.165) is 20.3 Å². The maximum absolute atomic E-state index is 13.9. The SMILES string of the molecule is CN(C)S(=O)(=O)c1cccc(NC2=C(N[C@@H](c3ccc4c(c3)OCO4)C(C)(C)C)C(=O)N(Cc3ccccc3)C2=O)c1O. The fraction of sp³-hybridized carbons (Fsp3) is 0.290. The normalized spacial score (nSPS) is 15.8. The molecule has 1 atom stereocenters. The van der Waals surface area contributed by atoms with E-state index in [1.54, 1.807) is 6.07 Å². The molecule has 0 fully saturated rings. The number of amides is 2. The Bertz CT molecular complexity index is 1710. The summed E-state index contributed by atoms with van der Waals surface area (Å²) in [6.07, 6.45) is 0. The molecule has 12 heteroatoms. The lowest BCUT2D eigenvalue weighted by Crippen LogP contribution is -2.37. The van der Waals surface area contributed by atoms with Gasteiger partial charge in [0.15, 0.2) is 17.2 Å². The highest BCUT2D eigenvalue weighted by Crippen LogP contribution is 2.41. The van der Waals surface area contributed by atoms with E-state index in [4.69, 9.17) is 9.47 Å².